The van der Waals surface area contributed by atoms with Gasteiger partial charge in [-0.25, -0.2) is 0 Å². The second-order valence-corrected chi connectivity index (χ2v) is 8.07. The van der Waals surface area contributed by atoms with E-state index < -0.39 is 17.9 Å². The fourth-order valence-corrected chi connectivity index (χ4v) is 3.33. The number of ether oxygens (including phenoxy) is 1. The molecule has 0 aliphatic rings. The van der Waals surface area contributed by atoms with Gasteiger partial charge in [-0.15, -0.1) is 0 Å². The lowest BCUT2D eigenvalue weighted by molar-refractivity contribution is -0.321. The van der Waals surface area contributed by atoms with E-state index in [2.05, 4.69) is 11.7 Å². The second-order valence-electron chi connectivity index (χ2n) is 8.07. The summed E-state index contributed by atoms with van der Waals surface area (Å²) >= 11 is 0. The van der Waals surface area contributed by atoms with E-state index in [9.17, 15) is 19.8 Å². The molecule has 1 atom stereocenters. The van der Waals surface area contributed by atoms with E-state index in [0.717, 1.165) is 19.3 Å². The quantitative estimate of drug-likeness (QED) is 0.127. The molecule has 0 amide bonds. The summed E-state index contributed by atoms with van der Waals surface area (Å²) in [6, 6.07) is 0. The van der Waals surface area contributed by atoms with Gasteiger partial charge in [0.1, 0.15) is 11.7 Å². The Hall–Kier alpha value is -0.940. The Morgan fingerprint density at radius 3 is 1.50 bits per heavy atom. The maximum Gasteiger partial charge on any atom is 0.324 e. The van der Waals surface area contributed by atoms with Gasteiger partial charge < -0.3 is 14.9 Å². The number of esters is 1. The lowest BCUT2D eigenvalue weighted by Crippen LogP contribution is -2.37. The van der Waals surface area contributed by atoms with Crippen molar-refractivity contribution in [2.75, 3.05) is 0 Å². The lowest BCUT2D eigenvalue weighted by Gasteiger charge is -2.22. The van der Waals surface area contributed by atoms with Crippen molar-refractivity contribution in [1.82, 2.24) is 0 Å². The van der Waals surface area contributed by atoms with E-state index in [-0.39, 0.29) is 12.2 Å². The predicted molar refractivity (Wildman–Crippen MR) is 113 cm³/mol. The summed E-state index contributed by atoms with van der Waals surface area (Å²) in [6.07, 6.45) is 17.7. The average molecular weight is 401 g/mol. The van der Waals surface area contributed by atoms with E-state index >= 15 is 0 Å². The fourth-order valence-electron chi connectivity index (χ4n) is 3.33. The van der Waals surface area contributed by atoms with Crippen molar-refractivity contribution >= 4 is 11.8 Å². The molecule has 0 rings (SSSR count). The molecule has 0 spiro atoms. The van der Waals surface area contributed by atoms with Crippen LogP contribution in [0.15, 0.2) is 0 Å². The summed E-state index contributed by atoms with van der Waals surface area (Å²) in [5.41, 5.74) is 0. The Bertz CT molecular complexity index is 406. The summed E-state index contributed by atoms with van der Waals surface area (Å²) in [5, 5.41) is 18.8. The number of aliphatic hydroxyl groups is 2. The summed E-state index contributed by atoms with van der Waals surface area (Å²) in [5.74, 6) is -4.51. The SMILES string of the molecule is CCCCCCCCCCCCCCCCC(C(C)=O)C(=O)OC(O)(O)CC. The third-order valence-electron chi connectivity index (χ3n) is 5.35. The first kappa shape index (κ1) is 27.1. The molecule has 0 bridgehead atoms. The lowest BCUT2D eigenvalue weighted by atomic mass is 9.96. The molecule has 166 valence electrons. The normalized spacial score (nSPS) is 12.8. The molecular weight excluding hydrogens is 356 g/mol. The second kappa shape index (κ2) is 17.0. The smallest absolute Gasteiger partial charge is 0.324 e. The molecule has 0 aromatic carbocycles. The number of rotatable bonds is 19. The first-order valence-electron chi connectivity index (χ1n) is 11.5. The molecule has 2 N–H and O–H groups in total. The molecule has 0 aliphatic heterocycles. The summed E-state index contributed by atoms with van der Waals surface area (Å²) in [4.78, 5) is 23.6. The number of ketones is 1. The molecule has 28 heavy (non-hydrogen) atoms. The van der Waals surface area contributed by atoms with Gasteiger partial charge in [-0.05, 0) is 13.3 Å². The maximum absolute atomic E-state index is 12.0. The van der Waals surface area contributed by atoms with Crippen LogP contribution >= 0.6 is 0 Å². The Morgan fingerprint density at radius 2 is 1.14 bits per heavy atom. The van der Waals surface area contributed by atoms with Crippen molar-refractivity contribution in [3.05, 3.63) is 0 Å². The minimum atomic E-state index is -2.49. The van der Waals surface area contributed by atoms with Crippen LogP contribution in [0.3, 0.4) is 0 Å². The third kappa shape index (κ3) is 15.0. The Balaban J connectivity index is 3.66. The van der Waals surface area contributed by atoms with Crippen LogP contribution in [0.2, 0.25) is 0 Å². The van der Waals surface area contributed by atoms with Crippen LogP contribution in [0, 0.1) is 5.92 Å². The molecule has 0 heterocycles. The molecule has 1 unspecified atom stereocenters. The first-order chi connectivity index (χ1) is 13.3. The van der Waals surface area contributed by atoms with Crippen LogP contribution < -0.4 is 0 Å². The van der Waals surface area contributed by atoms with Gasteiger partial charge in [-0.1, -0.05) is 104 Å². The molecule has 0 radical (unpaired) electrons. The standard InChI is InChI=1S/C23H44O5/c1-4-6-7-8-9-10-11-12-13-14-15-16-17-18-19-21(20(3)24)22(25)28-23(26,27)5-2/h21,26-27H,4-19H2,1-3H3. The van der Waals surface area contributed by atoms with Gasteiger partial charge in [0.05, 0.1) is 0 Å². The van der Waals surface area contributed by atoms with E-state index in [1.54, 1.807) is 0 Å². The van der Waals surface area contributed by atoms with Crippen LogP contribution in [0.1, 0.15) is 124 Å². The molecule has 0 saturated heterocycles. The number of carbonyl (C=O) groups excluding carboxylic acids is 2. The molecular formula is C23H44O5. The van der Waals surface area contributed by atoms with Crippen molar-refractivity contribution < 1.29 is 24.5 Å². The van der Waals surface area contributed by atoms with Gasteiger partial charge in [0, 0.05) is 6.42 Å². The van der Waals surface area contributed by atoms with Crippen LogP contribution in [0.4, 0.5) is 0 Å². The summed E-state index contributed by atoms with van der Waals surface area (Å²) in [7, 11) is 0. The Labute approximate surface area is 172 Å². The van der Waals surface area contributed by atoms with Crippen LogP contribution in [0.5, 0.6) is 0 Å². The molecule has 0 saturated carbocycles. The van der Waals surface area contributed by atoms with Gasteiger partial charge in [0.25, 0.3) is 0 Å². The molecule has 5 heteroatoms. The first-order valence-corrected chi connectivity index (χ1v) is 11.5. The monoisotopic (exact) mass is 400 g/mol. The highest BCUT2D eigenvalue weighted by Gasteiger charge is 2.32. The number of Topliss-reactive ketones (excluding diaryl/α,β-unsaturated/α-hetero) is 1. The predicted octanol–water partition coefficient (Wildman–Crippen LogP) is 5.65. The third-order valence-corrected chi connectivity index (χ3v) is 5.35. The van der Waals surface area contributed by atoms with E-state index in [0.29, 0.717) is 6.42 Å². The largest absolute Gasteiger partial charge is 0.408 e. The van der Waals surface area contributed by atoms with Crippen molar-refractivity contribution in [2.45, 2.75) is 129 Å². The molecule has 0 fully saturated rings. The average Bonchev–Trinajstić information content (AvgIpc) is 2.64. The molecule has 5 nitrogen and oxygen atoms in total. The zero-order valence-corrected chi connectivity index (χ0v) is 18.5. The number of hydrogen-bond acceptors (Lipinski definition) is 5. The van der Waals surface area contributed by atoms with Crippen LogP contribution in [-0.4, -0.2) is 27.9 Å². The zero-order valence-electron chi connectivity index (χ0n) is 18.5. The topological polar surface area (TPSA) is 83.8 Å². The molecule has 0 aliphatic carbocycles. The number of unbranched alkanes of at least 4 members (excludes halogenated alkanes) is 13. The fraction of sp³-hybridized carbons (Fsp3) is 0.913. The van der Waals surface area contributed by atoms with E-state index in [4.69, 9.17) is 0 Å². The van der Waals surface area contributed by atoms with Crippen molar-refractivity contribution in [3.63, 3.8) is 0 Å². The van der Waals surface area contributed by atoms with Crippen molar-refractivity contribution in [3.8, 4) is 0 Å². The van der Waals surface area contributed by atoms with Crippen molar-refractivity contribution in [1.29, 1.82) is 0 Å². The van der Waals surface area contributed by atoms with Crippen molar-refractivity contribution in [2.24, 2.45) is 5.92 Å². The Kier molecular flexibility index (Phi) is 16.4. The number of carbonyl (C=O) groups is 2. The van der Waals surface area contributed by atoms with E-state index in [1.807, 2.05) is 0 Å². The van der Waals surface area contributed by atoms with Crippen LogP contribution in [0.25, 0.3) is 0 Å². The summed E-state index contributed by atoms with van der Waals surface area (Å²) in [6.45, 7) is 5.08. The van der Waals surface area contributed by atoms with E-state index in [1.165, 1.54) is 84.5 Å². The Morgan fingerprint density at radius 1 is 0.750 bits per heavy atom. The van der Waals surface area contributed by atoms with Gasteiger partial charge in [0.2, 0.25) is 0 Å². The van der Waals surface area contributed by atoms with Gasteiger partial charge in [-0.3, -0.25) is 9.59 Å². The van der Waals surface area contributed by atoms with Crippen LogP contribution in [-0.2, 0) is 14.3 Å². The maximum atomic E-state index is 12.0. The van der Waals surface area contributed by atoms with Gasteiger partial charge in [-0.2, -0.15) is 0 Å². The molecule has 0 aromatic rings. The van der Waals surface area contributed by atoms with Gasteiger partial charge >= 0.3 is 11.9 Å². The molecule has 0 aromatic heterocycles. The highest BCUT2D eigenvalue weighted by Crippen LogP contribution is 2.19. The highest BCUT2D eigenvalue weighted by atomic mass is 16.8. The zero-order chi connectivity index (χ0) is 21.3. The highest BCUT2D eigenvalue weighted by molar-refractivity contribution is 5.97. The minimum Gasteiger partial charge on any atom is -0.408 e. The minimum absolute atomic E-state index is 0.137. The number of hydrogen-bond donors (Lipinski definition) is 2. The summed E-state index contributed by atoms with van der Waals surface area (Å²) < 4.78 is 4.63. The van der Waals surface area contributed by atoms with Gasteiger partial charge in [0.15, 0.2) is 0 Å².